The highest BCUT2D eigenvalue weighted by Crippen LogP contribution is 2.22. The number of aliphatic imine (C=N–C) groups is 1. The van der Waals surface area contributed by atoms with Gasteiger partial charge < -0.3 is 20.3 Å². The summed E-state index contributed by atoms with van der Waals surface area (Å²) in [5.74, 6) is 0.413. The van der Waals surface area contributed by atoms with Gasteiger partial charge in [-0.25, -0.2) is 0 Å². The molecule has 0 atom stereocenters. The molecule has 0 radical (unpaired) electrons. The maximum Gasteiger partial charge on any atom is 0.261 e. The van der Waals surface area contributed by atoms with E-state index in [-0.39, 0.29) is 11.8 Å². The average molecular weight is 418 g/mol. The molecule has 2 rings (SSSR count). The quantitative estimate of drug-likeness (QED) is 0.219. The van der Waals surface area contributed by atoms with E-state index in [0.717, 1.165) is 58.0 Å². The summed E-state index contributed by atoms with van der Waals surface area (Å²) in [6.45, 7) is 7.42. The highest BCUT2D eigenvalue weighted by atomic mass is 16.5. The fraction of sp³-hybridized carbons (Fsp3) is 0.591. The van der Waals surface area contributed by atoms with Crippen LogP contribution in [0.2, 0.25) is 0 Å². The second kappa shape index (κ2) is 13.0. The second-order valence-corrected chi connectivity index (χ2v) is 7.35. The van der Waals surface area contributed by atoms with E-state index in [0.29, 0.717) is 24.2 Å². The van der Waals surface area contributed by atoms with Gasteiger partial charge in [0, 0.05) is 53.0 Å². The number of carbonyl (C=O) groups excluding carboxylic acids is 2. The number of methoxy groups -OCH3 is 1. The van der Waals surface area contributed by atoms with Crippen LogP contribution in [0.3, 0.4) is 0 Å². The molecule has 0 spiro atoms. The number of ether oxygens (including phenoxy) is 1. The minimum absolute atomic E-state index is 0.191. The number of benzene rings is 1. The Morgan fingerprint density at radius 3 is 2.40 bits per heavy atom. The third-order valence-corrected chi connectivity index (χ3v) is 4.96. The highest BCUT2D eigenvalue weighted by molar-refractivity contribution is 6.21. The summed E-state index contributed by atoms with van der Waals surface area (Å²) < 4.78 is 5.08. The number of rotatable bonds is 13. The number of nitrogens with zero attached hydrogens (tertiary/aromatic N) is 3. The number of likely N-dealkylation sites (N-methyl/N-ethyl adjacent to an activating group) is 1. The first kappa shape index (κ1) is 23.8. The predicted molar refractivity (Wildman–Crippen MR) is 119 cm³/mol. The molecule has 0 saturated carbocycles. The Kier molecular flexibility index (Phi) is 10.3. The zero-order valence-electron chi connectivity index (χ0n) is 18.4. The number of imide groups is 1. The molecule has 8 heteroatoms. The van der Waals surface area contributed by atoms with Gasteiger partial charge in [-0.15, -0.1) is 0 Å². The molecule has 1 heterocycles. The Morgan fingerprint density at radius 2 is 1.77 bits per heavy atom. The van der Waals surface area contributed by atoms with Crippen LogP contribution in [0.25, 0.3) is 0 Å². The van der Waals surface area contributed by atoms with Crippen molar-refractivity contribution in [3.63, 3.8) is 0 Å². The molecular formula is C22H35N5O3. The Balaban J connectivity index is 1.68. The van der Waals surface area contributed by atoms with E-state index < -0.39 is 0 Å². The minimum Gasteiger partial charge on any atom is -0.385 e. The van der Waals surface area contributed by atoms with Gasteiger partial charge in [-0.05, 0) is 45.4 Å². The van der Waals surface area contributed by atoms with Crippen molar-refractivity contribution in [2.24, 2.45) is 4.99 Å². The third kappa shape index (κ3) is 7.11. The lowest BCUT2D eigenvalue weighted by Crippen LogP contribution is -2.41. The van der Waals surface area contributed by atoms with Crippen molar-refractivity contribution in [1.82, 2.24) is 20.4 Å². The summed E-state index contributed by atoms with van der Waals surface area (Å²) in [4.78, 5) is 32.9. The molecule has 0 unspecified atom stereocenters. The van der Waals surface area contributed by atoms with E-state index >= 15 is 0 Å². The van der Waals surface area contributed by atoms with E-state index in [4.69, 9.17) is 4.74 Å². The molecular weight excluding hydrogens is 382 g/mol. The second-order valence-electron chi connectivity index (χ2n) is 7.35. The molecule has 0 fully saturated rings. The first-order chi connectivity index (χ1) is 14.6. The van der Waals surface area contributed by atoms with Gasteiger partial charge in [0.2, 0.25) is 0 Å². The number of carbonyl (C=O) groups is 2. The molecule has 0 aromatic heterocycles. The summed E-state index contributed by atoms with van der Waals surface area (Å²) in [7, 11) is 3.82. The van der Waals surface area contributed by atoms with Crippen LogP contribution in [0.5, 0.6) is 0 Å². The van der Waals surface area contributed by atoms with Crippen molar-refractivity contribution in [2.75, 3.05) is 60.0 Å². The number of hydrogen-bond donors (Lipinski definition) is 2. The van der Waals surface area contributed by atoms with Crippen LogP contribution in [0.4, 0.5) is 0 Å². The standard InChI is InChI=1S/C22H35N5O3/c1-4-23-22(25-13-16-26(2)14-9-17-30-3)24-12-7-8-15-27-20(28)18-10-5-6-11-19(18)21(27)29/h5-6,10-11H,4,7-9,12-17H2,1-3H3,(H2,23,24,25). The van der Waals surface area contributed by atoms with Gasteiger partial charge in [-0.1, -0.05) is 12.1 Å². The smallest absolute Gasteiger partial charge is 0.261 e. The van der Waals surface area contributed by atoms with Gasteiger partial charge in [-0.2, -0.15) is 0 Å². The van der Waals surface area contributed by atoms with E-state index in [1.165, 1.54) is 4.90 Å². The molecule has 1 aliphatic heterocycles. The summed E-state index contributed by atoms with van der Waals surface area (Å²) in [5.41, 5.74) is 1.01. The monoisotopic (exact) mass is 417 g/mol. The van der Waals surface area contributed by atoms with E-state index in [1.54, 1.807) is 31.4 Å². The number of fused-ring (bicyclic) bond motifs is 1. The van der Waals surface area contributed by atoms with Crippen LogP contribution in [0, 0.1) is 0 Å². The molecule has 8 nitrogen and oxygen atoms in total. The van der Waals surface area contributed by atoms with E-state index in [2.05, 4.69) is 27.6 Å². The molecule has 2 N–H and O–H groups in total. The lowest BCUT2D eigenvalue weighted by Gasteiger charge is -2.18. The molecule has 1 aliphatic rings. The molecule has 0 bridgehead atoms. The number of hydrogen-bond acceptors (Lipinski definition) is 5. The van der Waals surface area contributed by atoms with Crippen molar-refractivity contribution >= 4 is 17.8 Å². The topological polar surface area (TPSA) is 86.3 Å². The zero-order valence-corrected chi connectivity index (χ0v) is 18.4. The van der Waals surface area contributed by atoms with Crippen molar-refractivity contribution in [3.8, 4) is 0 Å². The molecule has 1 aromatic carbocycles. The summed E-state index contributed by atoms with van der Waals surface area (Å²) in [6.07, 6.45) is 2.56. The van der Waals surface area contributed by atoms with Crippen LogP contribution >= 0.6 is 0 Å². The van der Waals surface area contributed by atoms with Gasteiger partial charge in [0.15, 0.2) is 5.96 Å². The molecule has 166 valence electrons. The largest absolute Gasteiger partial charge is 0.385 e. The Hall–Kier alpha value is -2.45. The zero-order chi connectivity index (χ0) is 21.8. The lowest BCUT2D eigenvalue weighted by molar-refractivity contribution is 0.0652. The number of amides is 2. The van der Waals surface area contributed by atoms with E-state index in [1.807, 2.05) is 6.92 Å². The van der Waals surface area contributed by atoms with Gasteiger partial charge in [0.1, 0.15) is 0 Å². The van der Waals surface area contributed by atoms with Gasteiger partial charge in [0.05, 0.1) is 11.1 Å². The van der Waals surface area contributed by atoms with Crippen LogP contribution in [-0.2, 0) is 4.74 Å². The van der Waals surface area contributed by atoms with E-state index in [9.17, 15) is 9.59 Å². The maximum absolute atomic E-state index is 12.4. The van der Waals surface area contributed by atoms with Gasteiger partial charge in [-0.3, -0.25) is 19.5 Å². The number of guanidine groups is 1. The normalized spacial score (nSPS) is 13.9. The van der Waals surface area contributed by atoms with Crippen LogP contribution < -0.4 is 10.6 Å². The Bertz CT molecular complexity index is 687. The highest BCUT2D eigenvalue weighted by Gasteiger charge is 2.34. The van der Waals surface area contributed by atoms with Gasteiger partial charge in [0.25, 0.3) is 11.8 Å². The lowest BCUT2D eigenvalue weighted by atomic mass is 10.1. The maximum atomic E-state index is 12.4. The Morgan fingerprint density at radius 1 is 1.07 bits per heavy atom. The molecule has 30 heavy (non-hydrogen) atoms. The molecule has 2 amide bonds. The van der Waals surface area contributed by atoms with Crippen molar-refractivity contribution < 1.29 is 14.3 Å². The summed E-state index contributed by atoms with van der Waals surface area (Å²) in [6, 6.07) is 7.00. The first-order valence-electron chi connectivity index (χ1n) is 10.7. The van der Waals surface area contributed by atoms with Crippen molar-refractivity contribution in [3.05, 3.63) is 35.4 Å². The predicted octanol–water partition coefficient (Wildman–Crippen LogP) is 1.59. The molecule has 0 saturated heterocycles. The van der Waals surface area contributed by atoms with Crippen molar-refractivity contribution in [2.45, 2.75) is 26.2 Å². The number of nitrogens with one attached hydrogen (secondary N) is 2. The summed E-state index contributed by atoms with van der Waals surface area (Å²) in [5, 5.41) is 6.60. The fourth-order valence-corrected chi connectivity index (χ4v) is 3.31. The summed E-state index contributed by atoms with van der Waals surface area (Å²) >= 11 is 0. The fourth-order valence-electron chi connectivity index (χ4n) is 3.31. The van der Waals surface area contributed by atoms with Crippen LogP contribution in [-0.4, -0.2) is 87.6 Å². The third-order valence-electron chi connectivity index (χ3n) is 4.96. The van der Waals surface area contributed by atoms with Gasteiger partial charge >= 0.3 is 0 Å². The Labute approximate surface area is 179 Å². The van der Waals surface area contributed by atoms with Crippen LogP contribution in [0.15, 0.2) is 29.3 Å². The SMILES string of the molecule is CCNC(=NCCCCN1C(=O)c2ccccc2C1=O)NCCN(C)CCCOC. The number of unbranched alkanes of at least 4 members (excludes halogenated alkanes) is 1. The average Bonchev–Trinajstić information content (AvgIpc) is 2.98. The minimum atomic E-state index is -0.191. The molecule has 1 aromatic rings. The molecule has 0 aliphatic carbocycles. The van der Waals surface area contributed by atoms with Crippen molar-refractivity contribution in [1.29, 1.82) is 0 Å². The van der Waals surface area contributed by atoms with Crippen LogP contribution in [0.1, 0.15) is 46.9 Å². The first-order valence-corrected chi connectivity index (χ1v) is 10.7.